The molecule has 0 aliphatic carbocycles. The van der Waals surface area contributed by atoms with Gasteiger partial charge in [-0.3, -0.25) is 4.79 Å². The van der Waals surface area contributed by atoms with Gasteiger partial charge >= 0.3 is 0 Å². The van der Waals surface area contributed by atoms with Crippen LogP contribution in [0.25, 0.3) is 0 Å². The summed E-state index contributed by atoms with van der Waals surface area (Å²) in [6.45, 7) is 0. The Morgan fingerprint density at radius 2 is 2.07 bits per heavy atom. The summed E-state index contributed by atoms with van der Waals surface area (Å²) in [5.74, 6) is -0.634. The van der Waals surface area contributed by atoms with E-state index < -0.39 is 5.78 Å². The highest BCUT2D eigenvalue weighted by Crippen LogP contribution is 2.28. The zero-order valence-electron chi connectivity index (χ0n) is 6.85. The highest BCUT2D eigenvalue weighted by molar-refractivity contribution is 6.45. The summed E-state index contributed by atoms with van der Waals surface area (Å²) in [6, 6.07) is 4.76. The molecular weight excluding hydrogens is 244 g/mol. The van der Waals surface area contributed by atoms with Crippen molar-refractivity contribution in [1.82, 2.24) is 0 Å². The number of rotatable bonds is 2. The first-order valence-corrected chi connectivity index (χ1v) is 4.88. The molecule has 0 N–H and O–H groups in total. The Balaban J connectivity index is 3.45. The molecule has 0 radical (unpaired) electrons. The van der Waals surface area contributed by atoms with Crippen molar-refractivity contribution in [3.63, 3.8) is 0 Å². The maximum atomic E-state index is 11.3. The van der Waals surface area contributed by atoms with E-state index in [0.29, 0.717) is 0 Å². The van der Waals surface area contributed by atoms with E-state index in [9.17, 15) is 4.79 Å². The monoisotopic (exact) mass is 247 g/mol. The van der Waals surface area contributed by atoms with Gasteiger partial charge in [-0.15, -0.1) is 11.6 Å². The van der Waals surface area contributed by atoms with Crippen LogP contribution in [0.1, 0.15) is 15.9 Å². The molecule has 0 unspecified atom stereocenters. The molecule has 1 rings (SSSR count). The van der Waals surface area contributed by atoms with E-state index in [1.165, 1.54) is 12.1 Å². The number of ketones is 1. The minimum Gasteiger partial charge on any atom is -0.293 e. The first-order chi connectivity index (χ1) is 6.61. The standard InChI is InChI=1S/C9H4Cl3NO/c10-3-7(14)8-5(4-13)1-2-6(11)9(8)12/h1-2H,3H2. The maximum absolute atomic E-state index is 11.3. The van der Waals surface area contributed by atoms with Gasteiger partial charge in [0.2, 0.25) is 0 Å². The molecule has 0 aromatic heterocycles. The molecule has 0 spiro atoms. The SMILES string of the molecule is N#Cc1ccc(Cl)c(Cl)c1C(=O)CCl. The molecule has 5 heteroatoms. The van der Waals surface area contributed by atoms with E-state index in [4.69, 9.17) is 40.1 Å². The van der Waals surface area contributed by atoms with Gasteiger partial charge in [0.1, 0.15) is 0 Å². The Morgan fingerprint density at radius 1 is 1.43 bits per heavy atom. The largest absolute Gasteiger partial charge is 0.293 e. The number of Topliss-reactive ketones (excluding diaryl/α,β-unsaturated/α-hetero) is 1. The summed E-state index contributed by atoms with van der Waals surface area (Å²) >= 11 is 16.9. The van der Waals surface area contributed by atoms with Gasteiger partial charge in [-0.1, -0.05) is 23.2 Å². The van der Waals surface area contributed by atoms with Crippen molar-refractivity contribution >= 4 is 40.6 Å². The molecule has 0 fully saturated rings. The Hall–Kier alpha value is -0.750. The van der Waals surface area contributed by atoms with Crippen LogP contribution in [0.5, 0.6) is 0 Å². The third kappa shape index (κ3) is 2.01. The minimum atomic E-state index is -0.407. The summed E-state index contributed by atoms with van der Waals surface area (Å²) in [5.41, 5.74) is 0.279. The number of nitrogens with zero attached hydrogens (tertiary/aromatic N) is 1. The highest BCUT2D eigenvalue weighted by Gasteiger charge is 2.16. The number of benzene rings is 1. The lowest BCUT2D eigenvalue weighted by molar-refractivity contribution is 0.102. The number of carbonyl (C=O) groups excluding carboxylic acids is 1. The number of hydrogen-bond donors (Lipinski definition) is 0. The molecule has 2 nitrogen and oxygen atoms in total. The van der Waals surface area contributed by atoms with Crippen molar-refractivity contribution in [3.8, 4) is 6.07 Å². The van der Waals surface area contributed by atoms with Crippen LogP contribution in [0.15, 0.2) is 12.1 Å². The van der Waals surface area contributed by atoms with Gasteiger partial charge in [0.15, 0.2) is 5.78 Å². The van der Waals surface area contributed by atoms with Crippen LogP contribution in [-0.2, 0) is 0 Å². The zero-order chi connectivity index (χ0) is 10.7. The molecule has 0 heterocycles. The van der Waals surface area contributed by atoms with Crippen LogP contribution >= 0.6 is 34.8 Å². The fourth-order valence-corrected chi connectivity index (χ4v) is 1.54. The molecule has 0 aliphatic heterocycles. The first-order valence-electron chi connectivity index (χ1n) is 3.59. The van der Waals surface area contributed by atoms with E-state index in [2.05, 4.69) is 0 Å². The van der Waals surface area contributed by atoms with Gasteiger partial charge in [0, 0.05) is 0 Å². The molecule has 0 saturated heterocycles. The number of hydrogen-bond acceptors (Lipinski definition) is 2. The first kappa shape index (κ1) is 11.3. The quantitative estimate of drug-likeness (QED) is 0.595. The Labute approximate surface area is 96.0 Å². The van der Waals surface area contributed by atoms with Crippen molar-refractivity contribution in [1.29, 1.82) is 5.26 Å². The summed E-state index contributed by atoms with van der Waals surface area (Å²) in [4.78, 5) is 11.3. The fourth-order valence-electron chi connectivity index (χ4n) is 0.983. The fraction of sp³-hybridized carbons (Fsp3) is 0.111. The normalized spacial score (nSPS) is 9.57. The smallest absolute Gasteiger partial charge is 0.180 e. The summed E-state index contributed by atoms with van der Waals surface area (Å²) < 4.78 is 0. The maximum Gasteiger partial charge on any atom is 0.180 e. The van der Waals surface area contributed by atoms with Gasteiger partial charge in [0.25, 0.3) is 0 Å². The van der Waals surface area contributed by atoms with Crippen molar-refractivity contribution in [2.75, 3.05) is 5.88 Å². The topological polar surface area (TPSA) is 40.9 Å². The highest BCUT2D eigenvalue weighted by atomic mass is 35.5. The molecule has 0 aliphatic rings. The summed E-state index contributed by atoms with van der Waals surface area (Å²) in [5, 5.41) is 9.05. The van der Waals surface area contributed by atoms with E-state index in [-0.39, 0.29) is 27.1 Å². The van der Waals surface area contributed by atoms with Crippen molar-refractivity contribution < 1.29 is 4.79 Å². The molecule has 0 atom stereocenters. The second-order valence-corrected chi connectivity index (χ2v) is 3.50. The Bertz CT molecular complexity index is 423. The van der Waals surface area contributed by atoms with Crippen LogP contribution in [0.4, 0.5) is 0 Å². The number of alkyl halides is 1. The van der Waals surface area contributed by atoms with Crippen LogP contribution in [-0.4, -0.2) is 11.7 Å². The zero-order valence-corrected chi connectivity index (χ0v) is 9.12. The second kappa shape index (κ2) is 4.65. The Morgan fingerprint density at radius 3 is 2.57 bits per heavy atom. The predicted octanol–water partition coefficient (Wildman–Crippen LogP) is 3.29. The molecule has 0 amide bonds. The van der Waals surface area contributed by atoms with Gasteiger partial charge in [-0.05, 0) is 12.1 Å². The summed E-state index contributed by atoms with van der Waals surface area (Å²) in [6.07, 6.45) is 0. The minimum absolute atomic E-state index is 0.0800. The third-order valence-electron chi connectivity index (χ3n) is 1.62. The van der Waals surface area contributed by atoms with Crippen molar-refractivity contribution in [2.24, 2.45) is 0 Å². The lowest BCUT2D eigenvalue weighted by Gasteiger charge is -2.04. The van der Waals surface area contributed by atoms with Crippen LogP contribution in [0.3, 0.4) is 0 Å². The van der Waals surface area contributed by atoms with Crippen LogP contribution in [0, 0.1) is 11.3 Å². The van der Waals surface area contributed by atoms with E-state index in [1.54, 1.807) is 0 Å². The molecular formula is C9H4Cl3NO. The van der Waals surface area contributed by atoms with Gasteiger partial charge < -0.3 is 0 Å². The van der Waals surface area contributed by atoms with Crippen molar-refractivity contribution in [2.45, 2.75) is 0 Å². The molecule has 0 saturated carbocycles. The van der Waals surface area contributed by atoms with Gasteiger partial charge in [-0.25, -0.2) is 0 Å². The lowest BCUT2D eigenvalue weighted by Crippen LogP contribution is -2.04. The molecule has 0 bridgehead atoms. The molecule has 72 valence electrons. The van der Waals surface area contributed by atoms with Crippen molar-refractivity contribution in [3.05, 3.63) is 33.3 Å². The number of halogens is 3. The molecule has 1 aromatic rings. The number of carbonyl (C=O) groups is 1. The van der Waals surface area contributed by atoms with E-state index in [1.807, 2.05) is 6.07 Å². The van der Waals surface area contributed by atoms with E-state index in [0.717, 1.165) is 0 Å². The van der Waals surface area contributed by atoms with E-state index >= 15 is 0 Å². The second-order valence-electron chi connectivity index (χ2n) is 2.45. The average molecular weight is 248 g/mol. The van der Waals surface area contributed by atoms with Crippen LogP contribution in [0.2, 0.25) is 10.0 Å². The summed E-state index contributed by atoms with van der Waals surface area (Å²) in [7, 11) is 0. The number of nitriles is 1. The predicted molar refractivity (Wildman–Crippen MR) is 56.2 cm³/mol. The molecule has 14 heavy (non-hydrogen) atoms. The average Bonchev–Trinajstić information content (AvgIpc) is 2.20. The lowest BCUT2D eigenvalue weighted by atomic mass is 10.1. The van der Waals surface area contributed by atoms with Gasteiger partial charge in [0.05, 0.1) is 33.1 Å². The third-order valence-corrected chi connectivity index (χ3v) is 2.66. The van der Waals surface area contributed by atoms with Crippen LogP contribution < -0.4 is 0 Å². The van der Waals surface area contributed by atoms with Gasteiger partial charge in [-0.2, -0.15) is 5.26 Å². The Kier molecular flexibility index (Phi) is 3.77. The molecule has 1 aromatic carbocycles.